The normalized spacial score (nSPS) is 14.4. The van der Waals surface area contributed by atoms with Crippen LogP contribution in [0, 0.1) is 0 Å². The van der Waals surface area contributed by atoms with Gasteiger partial charge in [-0.1, -0.05) is 30.3 Å². The first-order valence-corrected chi connectivity index (χ1v) is 6.53. The van der Waals surface area contributed by atoms with E-state index in [1.807, 2.05) is 36.6 Å². The van der Waals surface area contributed by atoms with Crippen LogP contribution in [0.4, 0.5) is 0 Å². The zero-order chi connectivity index (χ0) is 12.0. The molecule has 0 aliphatic rings. The molecule has 0 heterocycles. The summed E-state index contributed by atoms with van der Waals surface area (Å²) in [7, 11) is 0. The van der Waals surface area contributed by atoms with Crippen molar-refractivity contribution in [1.82, 2.24) is 0 Å². The van der Waals surface area contributed by atoms with Crippen LogP contribution in [0.25, 0.3) is 0 Å². The van der Waals surface area contributed by atoms with Crippen molar-refractivity contribution < 1.29 is 9.90 Å². The number of carboxylic acid groups (broad SMARTS) is 1. The van der Waals surface area contributed by atoms with Crippen LogP contribution < -0.4 is 5.73 Å². The Balaban J connectivity index is 2.75. The Bertz CT molecular complexity index is 342. The first-order chi connectivity index (χ1) is 7.58. The van der Waals surface area contributed by atoms with Crippen LogP contribution >= 0.6 is 11.8 Å². The molecular weight excluding hydrogens is 222 g/mol. The van der Waals surface area contributed by atoms with Crippen LogP contribution in [0.1, 0.15) is 12.0 Å². The molecule has 3 N–H and O–H groups in total. The van der Waals surface area contributed by atoms with Crippen LogP contribution in [0.2, 0.25) is 0 Å². The molecule has 1 unspecified atom stereocenters. The Morgan fingerprint density at radius 1 is 1.44 bits per heavy atom. The van der Waals surface area contributed by atoms with E-state index >= 15 is 0 Å². The van der Waals surface area contributed by atoms with E-state index in [0.717, 1.165) is 11.3 Å². The van der Waals surface area contributed by atoms with Crippen LogP contribution in [0.15, 0.2) is 30.3 Å². The SMILES string of the molecule is CSCCC(N)(Cc1ccccc1)C(=O)O. The van der Waals surface area contributed by atoms with Gasteiger partial charge in [0.2, 0.25) is 0 Å². The van der Waals surface area contributed by atoms with Gasteiger partial charge in [-0.2, -0.15) is 11.8 Å². The predicted molar refractivity (Wildman–Crippen MR) is 67.7 cm³/mol. The van der Waals surface area contributed by atoms with Gasteiger partial charge in [0.05, 0.1) is 0 Å². The molecule has 4 heteroatoms. The lowest BCUT2D eigenvalue weighted by molar-refractivity contribution is -0.143. The fourth-order valence-corrected chi connectivity index (χ4v) is 2.08. The van der Waals surface area contributed by atoms with E-state index in [9.17, 15) is 9.90 Å². The highest BCUT2D eigenvalue weighted by molar-refractivity contribution is 7.98. The molecular formula is C12H17NO2S. The van der Waals surface area contributed by atoms with Gasteiger partial charge in [-0.3, -0.25) is 4.79 Å². The molecule has 3 nitrogen and oxygen atoms in total. The topological polar surface area (TPSA) is 63.3 Å². The van der Waals surface area contributed by atoms with E-state index in [2.05, 4.69) is 0 Å². The second kappa shape index (κ2) is 5.92. The summed E-state index contributed by atoms with van der Waals surface area (Å²) in [5.41, 5.74) is 5.76. The summed E-state index contributed by atoms with van der Waals surface area (Å²) in [5.74, 6) is -0.166. The van der Waals surface area contributed by atoms with Gasteiger partial charge in [0.15, 0.2) is 0 Å². The number of carboxylic acids is 1. The fourth-order valence-electron chi connectivity index (χ4n) is 1.52. The second-order valence-corrected chi connectivity index (χ2v) is 4.85. The molecule has 0 aliphatic carbocycles. The number of thioether (sulfide) groups is 1. The maximum Gasteiger partial charge on any atom is 0.324 e. The summed E-state index contributed by atoms with van der Waals surface area (Å²) in [6.45, 7) is 0. The van der Waals surface area contributed by atoms with E-state index < -0.39 is 11.5 Å². The molecule has 0 aromatic heterocycles. The minimum absolute atomic E-state index is 0.379. The molecule has 0 radical (unpaired) electrons. The summed E-state index contributed by atoms with van der Waals surface area (Å²) < 4.78 is 0. The summed E-state index contributed by atoms with van der Waals surface area (Å²) in [6.07, 6.45) is 2.81. The number of carbonyl (C=O) groups is 1. The van der Waals surface area contributed by atoms with Crippen molar-refractivity contribution in [2.75, 3.05) is 12.0 Å². The van der Waals surface area contributed by atoms with E-state index in [0.29, 0.717) is 12.8 Å². The third-order valence-electron chi connectivity index (χ3n) is 2.54. The van der Waals surface area contributed by atoms with Crippen LogP contribution in [0.5, 0.6) is 0 Å². The highest BCUT2D eigenvalue weighted by atomic mass is 32.2. The van der Waals surface area contributed by atoms with Gasteiger partial charge in [-0.25, -0.2) is 0 Å². The van der Waals surface area contributed by atoms with E-state index in [4.69, 9.17) is 5.73 Å². The van der Waals surface area contributed by atoms with Gasteiger partial charge < -0.3 is 10.8 Å². The molecule has 1 rings (SSSR count). The maximum absolute atomic E-state index is 11.2. The minimum Gasteiger partial charge on any atom is -0.480 e. The molecule has 0 amide bonds. The highest BCUT2D eigenvalue weighted by Crippen LogP contribution is 2.17. The lowest BCUT2D eigenvalue weighted by Crippen LogP contribution is -2.50. The third-order valence-corrected chi connectivity index (χ3v) is 3.15. The quantitative estimate of drug-likeness (QED) is 0.794. The molecule has 1 atom stereocenters. The van der Waals surface area contributed by atoms with Gasteiger partial charge in [0, 0.05) is 6.42 Å². The number of hydrogen-bond acceptors (Lipinski definition) is 3. The van der Waals surface area contributed by atoms with E-state index in [1.165, 1.54) is 0 Å². The maximum atomic E-state index is 11.2. The second-order valence-electron chi connectivity index (χ2n) is 3.87. The predicted octanol–water partition coefficient (Wildman–Crippen LogP) is 1.76. The third kappa shape index (κ3) is 3.54. The Labute approximate surface area is 100 Å². The largest absolute Gasteiger partial charge is 0.480 e. The summed E-state index contributed by atoms with van der Waals surface area (Å²) in [4.78, 5) is 11.2. The Hall–Kier alpha value is -1.00. The number of hydrogen-bond donors (Lipinski definition) is 2. The Morgan fingerprint density at radius 2 is 2.06 bits per heavy atom. The van der Waals surface area contributed by atoms with Crippen molar-refractivity contribution in [3.63, 3.8) is 0 Å². The molecule has 0 aliphatic heterocycles. The van der Waals surface area contributed by atoms with Crippen molar-refractivity contribution in [2.24, 2.45) is 5.73 Å². The van der Waals surface area contributed by atoms with E-state index in [-0.39, 0.29) is 0 Å². The molecule has 1 aromatic carbocycles. The fraction of sp³-hybridized carbons (Fsp3) is 0.417. The van der Waals surface area contributed by atoms with Gasteiger partial charge in [-0.15, -0.1) is 0 Å². The van der Waals surface area contributed by atoms with Crippen molar-refractivity contribution in [3.8, 4) is 0 Å². The first-order valence-electron chi connectivity index (χ1n) is 5.13. The summed E-state index contributed by atoms with van der Waals surface area (Å²) in [5, 5.41) is 9.19. The number of nitrogens with two attached hydrogens (primary N) is 1. The van der Waals surface area contributed by atoms with Crippen molar-refractivity contribution >= 4 is 17.7 Å². The zero-order valence-electron chi connectivity index (χ0n) is 9.35. The Kier molecular flexibility index (Phi) is 4.83. The lowest BCUT2D eigenvalue weighted by atomic mass is 9.89. The zero-order valence-corrected chi connectivity index (χ0v) is 10.2. The lowest BCUT2D eigenvalue weighted by Gasteiger charge is -2.24. The highest BCUT2D eigenvalue weighted by Gasteiger charge is 2.33. The molecule has 0 bridgehead atoms. The van der Waals surface area contributed by atoms with E-state index in [1.54, 1.807) is 11.8 Å². The Morgan fingerprint density at radius 3 is 2.56 bits per heavy atom. The molecule has 0 spiro atoms. The summed E-state index contributed by atoms with van der Waals surface area (Å²) in [6, 6.07) is 9.51. The molecule has 0 saturated carbocycles. The number of rotatable bonds is 6. The monoisotopic (exact) mass is 239 g/mol. The van der Waals surface area contributed by atoms with Crippen molar-refractivity contribution in [2.45, 2.75) is 18.4 Å². The van der Waals surface area contributed by atoms with Crippen molar-refractivity contribution in [1.29, 1.82) is 0 Å². The average molecular weight is 239 g/mol. The molecule has 0 saturated heterocycles. The summed E-state index contributed by atoms with van der Waals surface area (Å²) >= 11 is 1.61. The van der Waals surface area contributed by atoms with Crippen LogP contribution in [0.3, 0.4) is 0 Å². The standard InChI is InChI=1S/C12H17NO2S/c1-16-8-7-12(13,11(14)15)9-10-5-3-2-4-6-10/h2-6H,7-9,13H2,1H3,(H,14,15). The number of aliphatic carboxylic acids is 1. The molecule has 16 heavy (non-hydrogen) atoms. The van der Waals surface area contributed by atoms with Gasteiger partial charge in [0.1, 0.15) is 5.54 Å². The van der Waals surface area contributed by atoms with Crippen LogP contribution in [-0.2, 0) is 11.2 Å². The number of benzene rings is 1. The smallest absolute Gasteiger partial charge is 0.324 e. The van der Waals surface area contributed by atoms with Gasteiger partial charge in [-0.05, 0) is 24.0 Å². The van der Waals surface area contributed by atoms with Gasteiger partial charge >= 0.3 is 5.97 Å². The molecule has 88 valence electrons. The first kappa shape index (κ1) is 13.1. The molecule has 0 fully saturated rings. The average Bonchev–Trinajstić information content (AvgIpc) is 2.27. The molecule has 1 aromatic rings. The van der Waals surface area contributed by atoms with Gasteiger partial charge in [0.25, 0.3) is 0 Å². The van der Waals surface area contributed by atoms with Crippen molar-refractivity contribution in [3.05, 3.63) is 35.9 Å². The van der Waals surface area contributed by atoms with Crippen LogP contribution in [-0.4, -0.2) is 28.6 Å². The minimum atomic E-state index is -1.15.